The molecule has 3 aromatic carbocycles. The first kappa shape index (κ1) is 32.9. The molecule has 0 aromatic heterocycles. The van der Waals surface area contributed by atoms with E-state index in [0.29, 0.717) is 43.4 Å². The number of rotatable bonds is 14. The number of nitrogens with zero attached hydrogens (tertiary/aromatic N) is 2. The zero-order valence-corrected chi connectivity index (χ0v) is 26.8. The number of sulfonamides is 1. The van der Waals surface area contributed by atoms with E-state index in [2.05, 4.69) is 5.32 Å². The van der Waals surface area contributed by atoms with Crippen LogP contribution in [0.15, 0.2) is 72.8 Å². The minimum atomic E-state index is -3.65. The van der Waals surface area contributed by atoms with Gasteiger partial charge < -0.3 is 19.7 Å². The van der Waals surface area contributed by atoms with Crippen molar-refractivity contribution < 1.29 is 27.5 Å². The number of amides is 2. The van der Waals surface area contributed by atoms with Crippen LogP contribution in [0.4, 0.5) is 5.69 Å². The molecular weight excluding hydrogens is 578 g/mol. The number of carbonyl (C=O) groups excluding carboxylic acids is 2. The number of anilines is 1. The maximum Gasteiger partial charge on any atom is 0.243 e. The quantitative estimate of drug-likeness (QED) is 0.279. The topological polar surface area (TPSA) is 105 Å². The van der Waals surface area contributed by atoms with Crippen LogP contribution in [-0.4, -0.2) is 63.7 Å². The molecule has 44 heavy (non-hydrogen) atoms. The van der Waals surface area contributed by atoms with Crippen molar-refractivity contribution in [3.63, 3.8) is 0 Å². The molecule has 1 aliphatic rings. The number of hydrogen-bond donors (Lipinski definition) is 1. The van der Waals surface area contributed by atoms with Crippen LogP contribution in [0.2, 0.25) is 0 Å². The molecule has 1 aliphatic heterocycles. The molecule has 0 spiro atoms. The molecule has 1 atom stereocenters. The summed E-state index contributed by atoms with van der Waals surface area (Å²) in [7, 11) is -3.65. The zero-order valence-electron chi connectivity index (χ0n) is 26.0. The molecule has 0 saturated carbocycles. The summed E-state index contributed by atoms with van der Waals surface area (Å²) in [5.41, 5.74) is 3.36. The highest BCUT2D eigenvalue weighted by Gasteiger charge is 2.31. The molecule has 3 aromatic rings. The van der Waals surface area contributed by atoms with Crippen molar-refractivity contribution in [2.75, 3.05) is 36.9 Å². The van der Waals surface area contributed by atoms with E-state index in [4.69, 9.17) is 9.47 Å². The van der Waals surface area contributed by atoms with Gasteiger partial charge in [-0.3, -0.25) is 13.9 Å². The van der Waals surface area contributed by atoms with Crippen molar-refractivity contribution >= 4 is 27.5 Å². The summed E-state index contributed by atoms with van der Waals surface area (Å²) in [5.74, 6) is 0.872. The third-order valence-corrected chi connectivity index (χ3v) is 8.72. The Morgan fingerprint density at radius 2 is 1.61 bits per heavy atom. The second-order valence-corrected chi connectivity index (χ2v) is 13.5. The summed E-state index contributed by atoms with van der Waals surface area (Å²) >= 11 is 0. The van der Waals surface area contributed by atoms with E-state index >= 15 is 0 Å². The standard InChI is InChI=1S/C34H43N3O6S/c1-25(2)23-35-34(39)30(21-27-12-6-5-7-13-27)36(24-28-14-9-8-11-26(28)3)33(38)15-10-18-37(44(4,40)41)29-16-17-31-32(22-29)43-20-19-42-31/h5-9,11-14,16-17,22,25,30H,10,15,18-21,23-24H2,1-4H3,(H,35,39)/t30-/m0/s1. The number of fused-ring (bicyclic) bond motifs is 1. The lowest BCUT2D eigenvalue weighted by molar-refractivity contribution is -0.141. The molecule has 0 bridgehead atoms. The van der Waals surface area contributed by atoms with Crippen molar-refractivity contribution in [2.24, 2.45) is 5.92 Å². The first-order chi connectivity index (χ1) is 21.0. The van der Waals surface area contributed by atoms with E-state index in [-0.39, 0.29) is 43.7 Å². The molecule has 0 fully saturated rings. The monoisotopic (exact) mass is 621 g/mol. The van der Waals surface area contributed by atoms with Gasteiger partial charge in [-0.15, -0.1) is 0 Å². The van der Waals surface area contributed by atoms with Crippen LogP contribution in [0.3, 0.4) is 0 Å². The van der Waals surface area contributed by atoms with Gasteiger partial charge >= 0.3 is 0 Å². The Bertz CT molecular complexity index is 1530. The Kier molecular flexibility index (Phi) is 11.3. The number of ether oxygens (including phenoxy) is 2. The lowest BCUT2D eigenvalue weighted by Crippen LogP contribution is -2.51. The summed E-state index contributed by atoms with van der Waals surface area (Å²) < 4.78 is 38.2. The maximum atomic E-state index is 14.0. The Hall–Kier alpha value is -4.05. The predicted molar refractivity (Wildman–Crippen MR) is 172 cm³/mol. The van der Waals surface area contributed by atoms with Crippen molar-refractivity contribution in [1.82, 2.24) is 10.2 Å². The number of benzene rings is 3. The molecule has 1 heterocycles. The van der Waals surface area contributed by atoms with Crippen molar-refractivity contribution in [3.05, 3.63) is 89.5 Å². The average molecular weight is 622 g/mol. The molecule has 2 amide bonds. The average Bonchev–Trinajstić information content (AvgIpc) is 3.00. The number of nitrogens with one attached hydrogen (secondary N) is 1. The normalized spacial score (nSPS) is 13.3. The summed E-state index contributed by atoms with van der Waals surface area (Å²) in [5, 5.41) is 3.04. The molecule has 1 N–H and O–H groups in total. The minimum absolute atomic E-state index is 0.0607. The summed E-state index contributed by atoms with van der Waals surface area (Å²) in [6, 6.07) is 21.8. The van der Waals surface area contributed by atoms with Gasteiger partial charge in [-0.25, -0.2) is 8.42 Å². The number of carbonyl (C=O) groups is 2. The molecular formula is C34H43N3O6S. The minimum Gasteiger partial charge on any atom is -0.486 e. The maximum absolute atomic E-state index is 14.0. The zero-order chi connectivity index (χ0) is 31.7. The fourth-order valence-electron chi connectivity index (χ4n) is 5.14. The van der Waals surface area contributed by atoms with E-state index in [1.807, 2.05) is 75.4 Å². The smallest absolute Gasteiger partial charge is 0.243 e. The van der Waals surface area contributed by atoms with Crippen LogP contribution >= 0.6 is 0 Å². The Balaban J connectivity index is 1.58. The highest BCUT2D eigenvalue weighted by Crippen LogP contribution is 2.35. The third-order valence-electron chi connectivity index (χ3n) is 7.52. The lowest BCUT2D eigenvalue weighted by Gasteiger charge is -2.32. The molecule has 236 valence electrons. The highest BCUT2D eigenvalue weighted by atomic mass is 32.2. The van der Waals surface area contributed by atoms with Crippen molar-refractivity contribution in [2.45, 2.75) is 52.6 Å². The van der Waals surface area contributed by atoms with Gasteiger partial charge in [0.15, 0.2) is 11.5 Å². The fraction of sp³-hybridized carbons (Fsp3) is 0.412. The van der Waals surface area contributed by atoms with E-state index < -0.39 is 16.1 Å². The first-order valence-corrected chi connectivity index (χ1v) is 16.9. The van der Waals surface area contributed by atoms with Gasteiger partial charge in [0.1, 0.15) is 19.3 Å². The van der Waals surface area contributed by atoms with E-state index in [9.17, 15) is 18.0 Å². The van der Waals surface area contributed by atoms with Gasteiger partial charge in [-0.2, -0.15) is 0 Å². The molecule has 0 aliphatic carbocycles. The lowest BCUT2D eigenvalue weighted by atomic mass is 10.0. The first-order valence-electron chi connectivity index (χ1n) is 15.1. The van der Waals surface area contributed by atoms with Gasteiger partial charge in [-0.05, 0) is 48.1 Å². The predicted octanol–water partition coefficient (Wildman–Crippen LogP) is 4.72. The van der Waals surface area contributed by atoms with Crippen LogP contribution in [-0.2, 0) is 32.6 Å². The molecule has 0 unspecified atom stereocenters. The van der Waals surface area contributed by atoms with Crippen LogP contribution in [0.5, 0.6) is 11.5 Å². The largest absolute Gasteiger partial charge is 0.486 e. The van der Waals surface area contributed by atoms with Crippen LogP contribution in [0.1, 0.15) is 43.4 Å². The second-order valence-electron chi connectivity index (χ2n) is 11.6. The van der Waals surface area contributed by atoms with Gasteiger partial charge in [0.2, 0.25) is 21.8 Å². The van der Waals surface area contributed by atoms with Crippen LogP contribution < -0.4 is 19.1 Å². The SMILES string of the molecule is Cc1ccccc1CN(C(=O)CCCN(c1ccc2c(c1)OCCO2)S(C)(=O)=O)[C@@H](Cc1ccccc1)C(=O)NCC(C)C. The highest BCUT2D eigenvalue weighted by molar-refractivity contribution is 7.92. The second kappa shape index (κ2) is 15.1. The molecule has 4 rings (SSSR count). The van der Waals surface area contributed by atoms with E-state index in [1.165, 1.54) is 4.31 Å². The van der Waals surface area contributed by atoms with Gasteiger partial charge in [0.25, 0.3) is 0 Å². The van der Waals surface area contributed by atoms with Crippen molar-refractivity contribution in [3.8, 4) is 11.5 Å². The summed E-state index contributed by atoms with van der Waals surface area (Å²) in [4.78, 5) is 29.4. The molecule has 0 radical (unpaired) electrons. The van der Waals surface area contributed by atoms with Gasteiger partial charge in [-0.1, -0.05) is 68.4 Å². The Morgan fingerprint density at radius 3 is 2.30 bits per heavy atom. The van der Waals surface area contributed by atoms with E-state index in [0.717, 1.165) is 22.9 Å². The molecule has 0 saturated heterocycles. The molecule has 9 nitrogen and oxygen atoms in total. The Morgan fingerprint density at radius 1 is 0.932 bits per heavy atom. The molecule has 10 heteroatoms. The van der Waals surface area contributed by atoms with E-state index in [1.54, 1.807) is 23.1 Å². The third kappa shape index (κ3) is 8.98. The van der Waals surface area contributed by atoms with Crippen LogP contribution in [0.25, 0.3) is 0 Å². The van der Waals surface area contributed by atoms with Crippen LogP contribution in [0, 0.1) is 12.8 Å². The fourth-order valence-corrected chi connectivity index (χ4v) is 6.10. The van der Waals surface area contributed by atoms with Gasteiger partial charge in [0, 0.05) is 38.5 Å². The van der Waals surface area contributed by atoms with Gasteiger partial charge in [0.05, 0.1) is 11.9 Å². The van der Waals surface area contributed by atoms with Crippen molar-refractivity contribution in [1.29, 1.82) is 0 Å². The Labute approximate surface area is 261 Å². The summed E-state index contributed by atoms with van der Waals surface area (Å²) in [6.45, 7) is 7.70. The summed E-state index contributed by atoms with van der Waals surface area (Å²) in [6.07, 6.45) is 1.82. The number of hydrogen-bond acceptors (Lipinski definition) is 6. The number of aryl methyl sites for hydroxylation is 1.